The van der Waals surface area contributed by atoms with Crippen molar-refractivity contribution in [3.05, 3.63) is 45.9 Å². The molecule has 0 spiro atoms. The number of thiazole rings is 1. The van der Waals surface area contributed by atoms with E-state index >= 15 is 0 Å². The van der Waals surface area contributed by atoms with E-state index in [1.165, 1.54) is 10.5 Å². The van der Waals surface area contributed by atoms with Crippen LogP contribution in [0.5, 0.6) is 0 Å². The number of nitrogens with zero attached hydrogens (tertiary/aromatic N) is 2. The second-order valence-electron chi connectivity index (χ2n) is 5.76. The number of carbonyl (C=O) groups is 1. The molecule has 0 unspecified atom stereocenters. The molecule has 0 saturated carbocycles. The highest BCUT2D eigenvalue weighted by Gasteiger charge is 2.25. The first kappa shape index (κ1) is 15.2. The average molecular weight is 346 g/mol. The van der Waals surface area contributed by atoms with Crippen molar-refractivity contribution >= 4 is 29.0 Å². The summed E-state index contributed by atoms with van der Waals surface area (Å²) in [5.41, 5.74) is 1.78. The minimum atomic E-state index is 0.0304. The minimum Gasteiger partial charge on any atom is -0.371 e. The molecule has 4 nitrogen and oxygen atoms in total. The number of rotatable bonds is 2. The topological polar surface area (TPSA) is 42.4 Å². The maximum absolute atomic E-state index is 12.8. The van der Waals surface area contributed by atoms with Crippen molar-refractivity contribution in [2.45, 2.75) is 30.4 Å². The van der Waals surface area contributed by atoms with E-state index in [2.05, 4.69) is 23.2 Å². The van der Waals surface area contributed by atoms with Gasteiger partial charge in [0.25, 0.3) is 5.91 Å². The third kappa shape index (κ3) is 3.16. The van der Waals surface area contributed by atoms with Crippen LogP contribution >= 0.6 is 23.1 Å². The molecule has 1 aromatic carbocycles. The lowest BCUT2D eigenvalue weighted by Gasteiger charge is -2.19. The van der Waals surface area contributed by atoms with Crippen molar-refractivity contribution in [2.75, 3.05) is 18.9 Å². The summed E-state index contributed by atoms with van der Waals surface area (Å²) in [5, 5.41) is 2.82. The number of ether oxygens (including phenoxy) is 1. The molecule has 1 atom stereocenters. The van der Waals surface area contributed by atoms with Gasteiger partial charge in [0.05, 0.1) is 0 Å². The summed E-state index contributed by atoms with van der Waals surface area (Å²) in [7, 11) is 0. The van der Waals surface area contributed by atoms with Crippen molar-refractivity contribution in [3.63, 3.8) is 0 Å². The number of carbonyl (C=O) groups excluding carboxylic acids is 1. The summed E-state index contributed by atoms with van der Waals surface area (Å²) in [6.45, 7) is 2.22. The number of fused-ring (bicyclic) bond motifs is 1. The van der Waals surface area contributed by atoms with Gasteiger partial charge in [-0.25, -0.2) is 4.98 Å². The Morgan fingerprint density at radius 3 is 3.13 bits per heavy atom. The summed E-state index contributed by atoms with van der Waals surface area (Å²) in [4.78, 5) is 20.5. The smallest absolute Gasteiger partial charge is 0.273 e. The molecule has 4 rings (SSSR count). The lowest BCUT2D eigenvalue weighted by Crippen LogP contribution is -2.32. The molecule has 1 aromatic heterocycles. The number of aromatic nitrogens is 1. The van der Waals surface area contributed by atoms with Crippen LogP contribution in [0, 0.1) is 0 Å². The predicted molar refractivity (Wildman–Crippen MR) is 91.9 cm³/mol. The Labute approximate surface area is 143 Å². The highest BCUT2D eigenvalue weighted by Crippen LogP contribution is 2.32. The molecular weight excluding hydrogens is 328 g/mol. The quantitative estimate of drug-likeness (QED) is 0.831. The van der Waals surface area contributed by atoms with Gasteiger partial charge in [0.1, 0.15) is 16.8 Å². The number of amides is 1. The van der Waals surface area contributed by atoms with Crippen molar-refractivity contribution in [2.24, 2.45) is 0 Å². The van der Waals surface area contributed by atoms with E-state index in [-0.39, 0.29) is 12.0 Å². The van der Waals surface area contributed by atoms with Gasteiger partial charge in [0.15, 0.2) is 0 Å². The molecule has 0 N–H and O–H groups in total. The third-order valence-corrected chi connectivity index (χ3v) is 6.22. The highest BCUT2D eigenvalue weighted by molar-refractivity contribution is 7.99. The first-order chi connectivity index (χ1) is 11.3. The predicted octanol–water partition coefficient (Wildman–Crippen LogP) is 3.74. The van der Waals surface area contributed by atoms with E-state index in [4.69, 9.17) is 4.74 Å². The fraction of sp³-hybridized carbons (Fsp3) is 0.412. The van der Waals surface area contributed by atoms with Gasteiger partial charge in [-0.2, -0.15) is 0 Å². The van der Waals surface area contributed by atoms with Gasteiger partial charge in [0, 0.05) is 35.7 Å². The zero-order valence-electron chi connectivity index (χ0n) is 12.7. The zero-order valence-corrected chi connectivity index (χ0v) is 14.4. The van der Waals surface area contributed by atoms with Crippen molar-refractivity contribution in [3.8, 4) is 0 Å². The number of hydrogen-bond acceptors (Lipinski definition) is 5. The molecule has 2 aliphatic rings. The van der Waals surface area contributed by atoms with Crippen LogP contribution in [-0.4, -0.2) is 34.7 Å². The Morgan fingerprint density at radius 2 is 2.26 bits per heavy atom. The second-order valence-corrected chi connectivity index (χ2v) is 7.78. The van der Waals surface area contributed by atoms with E-state index in [0.29, 0.717) is 12.2 Å². The van der Waals surface area contributed by atoms with Gasteiger partial charge < -0.3 is 9.64 Å². The first-order valence-electron chi connectivity index (χ1n) is 7.88. The molecule has 0 bridgehead atoms. The van der Waals surface area contributed by atoms with E-state index in [0.717, 1.165) is 36.8 Å². The molecule has 6 heteroatoms. The normalized spacial score (nSPS) is 21.0. The molecular formula is C17H18N2O2S2. The van der Waals surface area contributed by atoms with E-state index in [9.17, 15) is 4.79 Å². The van der Waals surface area contributed by atoms with Crippen molar-refractivity contribution < 1.29 is 9.53 Å². The van der Waals surface area contributed by atoms with Crippen LogP contribution in [0.4, 0.5) is 0 Å². The van der Waals surface area contributed by atoms with Gasteiger partial charge >= 0.3 is 0 Å². The highest BCUT2D eigenvalue weighted by atomic mass is 32.2. The molecule has 2 aliphatic heterocycles. The summed E-state index contributed by atoms with van der Waals surface area (Å²) >= 11 is 3.36. The molecule has 1 amide bonds. The molecule has 0 radical (unpaired) electrons. The van der Waals surface area contributed by atoms with Crippen LogP contribution in [0.15, 0.2) is 34.5 Å². The summed E-state index contributed by atoms with van der Waals surface area (Å²) in [6.07, 6.45) is 2.17. The summed E-state index contributed by atoms with van der Waals surface area (Å²) in [6, 6.07) is 8.32. The van der Waals surface area contributed by atoms with Crippen LogP contribution in [-0.2, 0) is 11.3 Å². The molecule has 3 heterocycles. The maximum atomic E-state index is 12.8. The first-order valence-corrected chi connectivity index (χ1v) is 9.75. The fourth-order valence-electron chi connectivity index (χ4n) is 2.97. The van der Waals surface area contributed by atoms with E-state index in [1.54, 1.807) is 11.3 Å². The molecule has 1 fully saturated rings. The maximum Gasteiger partial charge on any atom is 0.273 e. The van der Waals surface area contributed by atoms with Gasteiger partial charge in [-0.15, -0.1) is 23.1 Å². The Kier molecular flexibility index (Phi) is 4.37. The molecule has 2 aromatic rings. The Balaban J connectivity index is 1.52. The second kappa shape index (κ2) is 6.63. The Bertz CT molecular complexity index is 710. The summed E-state index contributed by atoms with van der Waals surface area (Å²) < 4.78 is 5.66. The largest absolute Gasteiger partial charge is 0.371 e. The number of benzene rings is 1. The van der Waals surface area contributed by atoms with Crippen LogP contribution < -0.4 is 0 Å². The fourth-order valence-corrected chi connectivity index (χ4v) is 4.87. The molecule has 1 saturated heterocycles. The van der Waals surface area contributed by atoms with Gasteiger partial charge in [-0.05, 0) is 24.5 Å². The van der Waals surface area contributed by atoms with Gasteiger partial charge in [-0.1, -0.05) is 18.2 Å². The monoisotopic (exact) mass is 346 g/mol. The SMILES string of the molecule is O=C(c1csc([C@@H]2CCCO2)n1)N1CCSc2ccccc2C1. The number of hydrogen-bond donors (Lipinski definition) is 0. The minimum absolute atomic E-state index is 0.0304. The van der Waals surface area contributed by atoms with Crippen molar-refractivity contribution in [1.82, 2.24) is 9.88 Å². The lowest BCUT2D eigenvalue weighted by molar-refractivity contribution is 0.0747. The van der Waals surface area contributed by atoms with E-state index in [1.807, 2.05) is 28.1 Å². The average Bonchev–Trinajstić information content (AvgIpc) is 3.21. The van der Waals surface area contributed by atoms with Gasteiger partial charge in [-0.3, -0.25) is 4.79 Å². The van der Waals surface area contributed by atoms with Crippen LogP contribution in [0.1, 0.15) is 40.0 Å². The molecule has 0 aliphatic carbocycles. The number of thioether (sulfide) groups is 1. The standard InChI is InChI=1S/C17H18N2O2S2/c20-17(13-11-23-16(18-13)14-5-3-8-21-14)19-7-9-22-15-6-2-1-4-12(15)10-19/h1-2,4,6,11,14H,3,5,7-10H2/t14-/m0/s1. The third-order valence-electron chi connectivity index (χ3n) is 4.19. The zero-order chi connectivity index (χ0) is 15.6. The van der Waals surface area contributed by atoms with Crippen LogP contribution in [0.25, 0.3) is 0 Å². The Morgan fingerprint density at radius 1 is 1.35 bits per heavy atom. The van der Waals surface area contributed by atoms with Crippen molar-refractivity contribution in [1.29, 1.82) is 0 Å². The van der Waals surface area contributed by atoms with Crippen LogP contribution in [0.2, 0.25) is 0 Å². The lowest BCUT2D eigenvalue weighted by atomic mass is 10.2. The van der Waals surface area contributed by atoms with Crippen LogP contribution in [0.3, 0.4) is 0 Å². The summed E-state index contributed by atoms with van der Waals surface area (Å²) in [5.74, 6) is 0.952. The Hall–Kier alpha value is -1.37. The molecule has 120 valence electrons. The molecule has 23 heavy (non-hydrogen) atoms. The van der Waals surface area contributed by atoms with Gasteiger partial charge in [0.2, 0.25) is 0 Å². The van der Waals surface area contributed by atoms with E-state index < -0.39 is 0 Å².